The summed E-state index contributed by atoms with van der Waals surface area (Å²) >= 11 is 0. The first kappa shape index (κ1) is 16.0. The first-order valence-electron chi connectivity index (χ1n) is 7.50. The van der Waals surface area contributed by atoms with Gasteiger partial charge in [0.1, 0.15) is 11.6 Å². The number of nitrogens with one attached hydrogen (secondary N) is 1. The van der Waals surface area contributed by atoms with Crippen molar-refractivity contribution in [1.82, 2.24) is 10.2 Å². The van der Waals surface area contributed by atoms with Crippen molar-refractivity contribution in [2.75, 3.05) is 6.54 Å². The molecule has 1 N–H and O–H groups in total. The van der Waals surface area contributed by atoms with E-state index in [0.29, 0.717) is 12.5 Å². The Balaban J connectivity index is 2.95. The molecule has 0 radical (unpaired) electrons. The Morgan fingerprint density at radius 1 is 1.21 bits per heavy atom. The molecule has 1 heterocycles. The third-order valence-electron chi connectivity index (χ3n) is 4.08. The fourth-order valence-corrected chi connectivity index (χ4v) is 2.68. The molecule has 4 heteroatoms. The van der Waals surface area contributed by atoms with Gasteiger partial charge in [0.15, 0.2) is 0 Å². The van der Waals surface area contributed by atoms with Crippen LogP contribution in [0.3, 0.4) is 0 Å². The van der Waals surface area contributed by atoms with Gasteiger partial charge in [-0.3, -0.25) is 9.59 Å². The van der Waals surface area contributed by atoms with Crippen molar-refractivity contribution in [2.24, 2.45) is 5.92 Å². The molecule has 1 atom stereocenters. The summed E-state index contributed by atoms with van der Waals surface area (Å²) in [5.74, 6) is 0.528. The standard InChI is InChI=1S/C15H28N2O2/c1-6-9-12-13(18)16-15(4,5)14(19)17(12)10-11(7-2)8-3/h11-12H,6-10H2,1-5H3,(H,16,18). The van der Waals surface area contributed by atoms with Crippen LogP contribution in [0.25, 0.3) is 0 Å². The minimum absolute atomic E-state index is 0.00240. The van der Waals surface area contributed by atoms with Gasteiger partial charge in [0, 0.05) is 6.54 Å². The van der Waals surface area contributed by atoms with Gasteiger partial charge in [0.25, 0.3) is 0 Å². The van der Waals surface area contributed by atoms with E-state index in [1.807, 2.05) is 11.8 Å². The molecule has 1 aliphatic heterocycles. The summed E-state index contributed by atoms with van der Waals surface area (Å²) in [7, 11) is 0. The van der Waals surface area contributed by atoms with Crippen LogP contribution in [0.2, 0.25) is 0 Å². The number of rotatable bonds is 6. The van der Waals surface area contributed by atoms with Crippen LogP contribution in [0, 0.1) is 5.92 Å². The van der Waals surface area contributed by atoms with Crippen molar-refractivity contribution in [1.29, 1.82) is 0 Å². The van der Waals surface area contributed by atoms with Gasteiger partial charge < -0.3 is 10.2 Å². The molecule has 0 aliphatic carbocycles. The lowest BCUT2D eigenvalue weighted by molar-refractivity contribution is -0.154. The van der Waals surface area contributed by atoms with Gasteiger partial charge in [-0.05, 0) is 26.2 Å². The Morgan fingerprint density at radius 3 is 2.26 bits per heavy atom. The minimum Gasteiger partial charge on any atom is -0.340 e. The van der Waals surface area contributed by atoms with Crippen molar-refractivity contribution in [3.05, 3.63) is 0 Å². The molecule has 2 amide bonds. The average molecular weight is 268 g/mol. The number of carbonyl (C=O) groups excluding carboxylic acids is 2. The summed E-state index contributed by atoms with van der Waals surface area (Å²) in [6.07, 6.45) is 3.74. The third-order valence-corrected chi connectivity index (χ3v) is 4.08. The SMILES string of the molecule is CCCC1C(=O)NC(C)(C)C(=O)N1CC(CC)CC. The van der Waals surface area contributed by atoms with Crippen molar-refractivity contribution < 1.29 is 9.59 Å². The Bertz CT molecular complexity index is 335. The summed E-state index contributed by atoms with van der Waals surface area (Å²) in [5.41, 5.74) is -0.770. The third kappa shape index (κ3) is 3.48. The van der Waals surface area contributed by atoms with E-state index in [9.17, 15) is 9.59 Å². The maximum Gasteiger partial charge on any atom is 0.248 e. The number of hydrogen-bond donors (Lipinski definition) is 1. The highest BCUT2D eigenvalue weighted by Gasteiger charge is 2.44. The molecular weight excluding hydrogens is 240 g/mol. The predicted molar refractivity (Wildman–Crippen MR) is 76.7 cm³/mol. The van der Waals surface area contributed by atoms with Crippen LogP contribution in [-0.4, -0.2) is 34.8 Å². The summed E-state index contributed by atoms with van der Waals surface area (Å²) in [5, 5.41) is 2.85. The maximum absolute atomic E-state index is 12.6. The number of carbonyl (C=O) groups is 2. The lowest BCUT2D eigenvalue weighted by Gasteiger charge is -2.44. The molecule has 0 aromatic rings. The van der Waals surface area contributed by atoms with Crippen LogP contribution in [0.15, 0.2) is 0 Å². The summed E-state index contributed by atoms with van der Waals surface area (Å²) in [4.78, 5) is 26.6. The molecule has 0 spiro atoms. The van der Waals surface area contributed by atoms with Gasteiger partial charge in [-0.1, -0.05) is 40.0 Å². The van der Waals surface area contributed by atoms with E-state index in [4.69, 9.17) is 0 Å². The van der Waals surface area contributed by atoms with Gasteiger partial charge in [-0.15, -0.1) is 0 Å². The van der Waals surface area contributed by atoms with Gasteiger partial charge in [-0.2, -0.15) is 0 Å². The van der Waals surface area contributed by atoms with Gasteiger partial charge in [0.05, 0.1) is 0 Å². The monoisotopic (exact) mass is 268 g/mol. The molecule has 1 rings (SSSR count). The van der Waals surface area contributed by atoms with Crippen LogP contribution in [-0.2, 0) is 9.59 Å². The summed E-state index contributed by atoms with van der Waals surface area (Å²) in [6.45, 7) is 10.6. The van der Waals surface area contributed by atoms with Crippen molar-refractivity contribution in [3.63, 3.8) is 0 Å². The van der Waals surface area contributed by atoms with Crippen LogP contribution in [0.4, 0.5) is 0 Å². The van der Waals surface area contributed by atoms with Gasteiger partial charge in [-0.25, -0.2) is 0 Å². The van der Waals surface area contributed by atoms with E-state index in [-0.39, 0.29) is 17.9 Å². The van der Waals surface area contributed by atoms with E-state index in [2.05, 4.69) is 19.2 Å². The van der Waals surface area contributed by atoms with Crippen molar-refractivity contribution >= 4 is 11.8 Å². The van der Waals surface area contributed by atoms with Crippen molar-refractivity contribution in [2.45, 2.75) is 71.9 Å². The molecule has 1 saturated heterocycles. The van der Waals surface area contributed by atoms with Crippen molar-refractivity contribution in [3.8, 4) is 0 Å². The highest BCUT2D eigenvalue weighted by molar-refractivity contribution is 5.99. The second kappa shape index (κ2) is 6.40. The smallest absolute Gasteiger partial charge is 0.248 e. The van der Waals surface area contributed by atoms with Gasteiger partial charge in [0.2, 0.25) is 11.8 Å². The van der Waals surface area contributed by atoms with E-state index in [0.717, 1.165) is 25.7 Å². The average Bonchev–Trinajstić information content (AvgIpc) is 2.35. The highest BCUT2D eigenvalue weighted by atomic mass is 16.2. The number of piperazine rings is 1. The zero-order chi connectivity index (χ0) is 14.6. The van der Waals surface area contributed by atoms with Crippen LogP contribution >= 0.6 is 0 Å². The zero-order valence-corrected chi connectivity index (χ0v) is 13.0. The molecule has 1 fully saturated rings. The minimum atomic E-state index is -0.770. The second-order valence-corrected chi connectivity index (χ2v) is 6.06. The number of amides is 2. The Morgan fingerprint density at radius 2 is 1.79 bits per heavy atom. The Labute approximate surface area is 116 Å². The molecule has 0 aromatic carbocycles. The predicted octanol–water partition coefficient (Wildman–Crippen LogP) is 2.33. The lowest BCUT2D eigenvalue weighted by Crippen LogP contribution is -2.68. The quantitative estimate of drug-likeness (QED) is 0.803. The number of hydrogen-bond acceptors (Lipinski definition) is 2. The fourth-order valence-electron chi connectivity index (χ4n) is 2.68. The van der Waals surface area contributed by atoms with Crippen LogP contribution in [0.1, 0.15) is 60.3 Å². The molecular formula is C15H28N2O2. The molecule has 0 bridgehead atoms. The lowest BCUT2D eigenvalue weighted by atomic mass is 9.92. The molecule has 1 aliphatic rings. The first-order valence-corrected chi connectivity index (χ1v) is 7.50. The summed E-state index contributed by atoms with van der Waals surface area (Å²) < 4.78 is 0. The topological polar surface area (TPSA) is 49.4 Å². The molecule has 110 valence electrons. The summed E-state index contributed by atoms with van der Waals surface area (Å²) in [6, 6.07) is -0.286. The molecule has 4 nitrogen and oxygen atoms in total. The van der Waals surface area contributed by atoms with E-state index >= 15 is 0 Å². The highest BCUT2D eigenvalue weighted by Crippen LogP contribution is 2.23. The van der Waals surface area contributed by atoms with Gasteiger partial charge >= 0.3 is 0 Å². The van der Waals surface area contributed by atoms with Crippen LogP contribution < -0.4 is 5.32 Å². The second-order valence-electron chi connectivity index (χ2n) is 6.06. The zero-order valence-electron chi connectivity index (χ0n) is 13.0. The fraction of sp³-hybridized carbons (Fsp3) is 0.867. The normalized spacial score (nSPS) is 22.8. The maximum atomic E-state index is 12.6. The van der Waals surface area contributed by atoms with E-state index in [1.54, 1.807) is 13.8 Å². The molecule has 19 heavy (non-hydrogen) atoms. The molecule has 0 saturated carbocycles. The first-order chi connectivity index (χ1) is 8.87. The van der Waals surface area contributed by atoms with E-state index in [1.165, 1.54) is 0 Å². The van der Waals surface area contributed by atoms with E-state index < -0.39 is 5.54 Å². The number of nitrogens with zero attached hydrogens (tertiary/aromatic N) is 1. The van der Waals surface area contributed by atoms with Crippen LogP contribution in [0.5, 0.6) is 0 Å². The molecule has 0 aromatic heterocycles. The Hall–Kier alpha value is -1.06. The Kier molecular flexibility index (Phi) is 5.39. The molecule has 1 unspecified atom stereocenters. The largest absolute Gasteiger partial charge is 0.340 e.